The van der Waals surface area contributed by atoms with Crippen LogP contribution in [0.15, 0.2) is 55.1 Å². The van der Waals surface area contributed by atoms with Crippen LogP contribution in [-0.4, -0.2) is 78.7 Å². The van der Waals surface area contributed by atoms with Crippen LogP contribution in [-0.2, 0) is 13.2 Å². The summed E-state index contributed by atoms with van der Waals surface area (Å²) in [5.74, 6) is -0.697. The van der Waals surface area contributed by atoms with Crippen LogP contribution < -0.4 is 29.2 Å². The van der Waals surface area contributed by atoms with Gasteiger partial charge in [-0.2, -0.15) is 5.10 Å². The molecule has 226 valence electrons. The highest BCUT2D eigenvalue weighted by Crippen LogP contribution is 2.44. The number of halogens is 2. The van der Waals surface area contributed by atoms with E-state index in [-0.39, 0.29) is 22.8 Å². The number of anilines is 3. The Morgan fingerprint density at radius 1 is 0.930 bits per heavy atom. The highest BCUT2D eigenvalue weighted by molar-refractivity contribution is 5.68. The van der Waals surface area contributed by atoms with Gasteiger partial charge in [0.15, 0.2) is 28.9 Å². The SMILES string of the molecule is COc1cc(OC)c(F)c(COc2cnc(Nc3ccc(N4CC5(CN(C)C5)C4)c(OCCn4cccn4)c3)nc2)c1F. The van der Waals surface area contributed by atoms with E-state index in [1.165, 1.54) is 26.6 Å². The van der Waals surface area contributed by atoms with Crippen LogP contribution in [0.1, 0.15) is 5.56 Å². The van der Waals surface area contributed by atoms with Gasteiger partial charge >= 0.3 is 0 Å². The molecule has 0 bridgehead atoms. The maximum absolute atomic E-state index is 14.7. The molecule has 4 heterocycles. The Morgan fingerprint density at radius 3 is 2.28 bits per heavy atom. The minimum absolute atomic E-state index is 0.146. The van der Waals surface area contributed by atoms with Gasteiger partial charge in [-0.15, -0.1) is 0 Å². The number of hydrogen-bond donors (Lipinski definition) is 1. The molecule has 0 amide bonds. The zero-order valence-electron chi connectivity index (χ0n) is 24.2. The third-order valence-corrected chi connectivity index (χ3v) is 7.63. The Morgan fingerprint density at radius 2 is 1.65 bits per heavy atom. The molecule has 2 fully saturated rings. The summed E-state index contributed by atoms with van der Waals surface area (Å²) >= 11 is 0. The second-order valence-electron chi connectivity index (χ2n) is 10.9. The first-order valence-electron chi connectivity index (χ1n) is 13.8. The van der Waals surface area contributed by atoms with Crippen molar-refractivity contribution in [3.05, 3.63) is 72.3 Å². The first-order valence-corrected chi connectivity index (χ1v) is 13.8. The fourth-order valence-corrected chi connectivity index (χ4v) is 5.69. The lowest BCUT2D eigenvalue weighted by Gasteiger charge is -2.60. The summed E-state index contributed by atoms with van der Waals surface area (Å²) in [6, 6.07) is 8.97. The molecular weight excluding hydrogens is 560 g/mol. The molecule has 2 aromatic carbocycles. The van der Waals surface area contributed by atoms with Crippen molar-refractivity contribution in [3.63, 3.8) is 0 Å². The van der Waals surface area contributed by atoms with Crippen LogP contribution in [0, 0.1) is 17.0 Å². The third kappa shape index (κ3) is 5.98. The lowest BCUT2D eigenvalue weighted by molar-refractivity contribution is -0.00263. The van der Waals surface area contributed by atoms with Crippen molar-refractivity contribution < 1.29 is 27.7 Å². The van der Waals surface area contributed by atoms with Crippen molar-refractivity contribution in [1.29, 1.82) is 0 Å². The van der Waals surface area contributed by atoms with E-state index in [1.54, 1.807) is 6.20 Å². The fourth-order valence-electron chi connectivity index (χ4n) is 5.69. The molecule has 1 N–H and O–H groups in total. The van der Waals surface area contributed by atoms with E-state index in [1.807, 2.05) is 35.1 Å². The van der Waals surface area contributed by atoms with Crippen molar-refractivity contribution >= 4 is 17.3 Å². The maximum Gasteiger partial charge on any atom is 0.227 e. The number of benzene rings is 2. The van der Waals surface area contributed by atoms with Crippen molar-refractivity contribution in [3.8, 4) is 23.0 Å². The predicted octanol–water partition coefficient (Wildman–Crippen LogP) is 4.12. The van der Waals surface area contributed by atoms with Gasteiger partial charge in [-0.3, -0.25) is 4.68 Å². The van der Waals surface area contributed by atoms with Gasteiger partial charge < -0.3 is 34.1 Å². The maximum atomic E-state index is 14.7. The molecular formula is C30H33F2N7O4. The minimum Gasteiger partial charge on any atom is -0.494 e. The van der Waals surface area contributed by atoms with E-state index in [9.17, 15) is 8.78 Å². The smallest absolute Gasteiger partial charge is 0.227 e. The Kier molecular flexibility index (Phi) is 7.89. The average molecular weight is 594 g/mol. The summed E-state index contributed by atoms with van der Waals surface area (Å²) in [5, 5.41) is 7.44. The van der Waals surface area contributed by atoms with Crippen molar-refractivity contribution in [1.82, 2.24) is 24.6 Å². The molecule has 1 spiro atoms. The first-order chi connectivity index (χ1) is 20.9. The van der Waals surface area contributed by atoms with Gasteiger partial charge in [0.2, 0.25) is 5.95 Å². The van der Waals surface area contributed by atoms with Crippen LogP contribution in [0.2, 0.25) is 0 Å². The highest BCUT2D eigenvalue weighted by atomic mass is 19.1. The molecule has 11 nitrogen and oxygen atoms in total. The standard InChI is InChI=1S/C30H33F2N7O4/c1-37-16-30(17-37)18-38(19-30)23-6-5-20(11-24(23)42-10-9-39-8-4-7-35-39)36-29-33-13-21(14-34-29)43-15-22-27(31)25(40-2)12-26(41-3)28(22)32/h4-8,11-14H,9-10,15-19H2,1-3H3,(H,33,34,36). The number of aromatic nitrogens is 4. The Bertz CT molecular complexity index is 1530. The molecule has 13 heteroatoms. The number of nitrogens with one attached hydrogen (secondary N) is 1. The van der Waals surface area contributed by atoms with E-state index in [0.29, 0.717) is 24.5 Å². The van der Waals surface area contributed by atoms with Crippen LogP contribution in [0.5, 0.6) is 23.0 Å². The summed E-state index contributed by atoms with van der Waals surface area (Å²) in [6.45, 7) is 4.92. The Balaban J connectivity index is 1.12. The van der Waals surface area contributed by atoms with Crippen LogP contribution in [0.4, 0.5) is 26.1 Å². The zero-order chi connectivity index (χ0) is 30.0. The van der Waals surface area contributed by atoms with Crippen molar-refractivity contribution in [2.45, 2.75) is 13.2 Å². The minimum atomic E-state index is -0.862. The first kappa shape index (κ1) is 28.5. The van der Waals surface area contributed by atoms with E-state index in [4.69, 9.17) is 18.9 Å². The molecule has 43 heavy (non-hydrogen) atoms. The molecule has 0 aliphatic carbocycles. The van der Waals surface area contributed by atoms with E-state index < -0.39 is 18.2 Å². The molecule has 0 unspecified atom stereocenters. The summed E-state index contributed by atoms with van der Waals surface area (Å²) < 4.78 is 52.9. The van der Waals surface area contributed by atoms with Crippen LogP contribution >= 0.6 is 0 Å². The predicted molar refractivity (Wildman–Crippen MR) is 155 cm³/mol. The average Bonchev–Trinajstić information content (AvgIpc) is 3.49. The number of ether oxygens (including phenoxy) is 4. The normalized spacial score (nSPS) is 15.5. The summed E-state index contributed by atoms with van der Waals surface area (Å²) in [4.78, 5) is 13.3. The van der Waals surface area contributed by atoms with Crippen molar-refractivity contribution in [2.75, 3.05) is 64.3 Å². The zero-order valence-corrected chi connectivity index (χ0v) is 24.2. The van der Waals surface area contributed by atoms with Crippen molar-refractivity contribution in [2.24, 2.45) is 5.41 Å². The monoisotopic (exact) mass is 593 g/mol. The molecule has 0 radical (unpaired) electrons. The highest BCUT2D eigenvalue weighted by Gasteiger charge is 2.50. The van der Waals surface area contributed by atoms with E-state index >= 15 is 0 Å². The van der Waals surface area contributed by atoms with Crippen LogP contribution in [0.25, 0.3) is 0 Å². The van der Waals surface area contributed by atoms with Gasteiger partial charge in [-0.25, -0.2) is 18.7 Å². The molecule has 4 aromatic rings. The van der Waals surface area contributed by atoms with Crippen LogP contribution in [0.3, 0.4) is 0 Å². The molecule has 0 saturated carbocycles. The number of likely N-dealkylation sites (tertiary alicyclic amines) is 1. The Hall–Kier alpha value is -4.65. The quantitative estimate of drug-likeness (QED) is 0.258. The fraction of sp³-hybridized carbons (Fsp3) is 0.367. The van der Waals surface area contributed by atoms with Gasteiger partial charge in [0.1, 0.15) is 19.0 Å². The van der Waals surface area contributed by atoms with Gasteiger partial charge in [0, 0.05) is 61.8 Å². The van der Waals surface area contributed by atoms with Gasteiger partial charge in [0.25, 0.3) is 0 Å². The summed E-state index contributed by atoms with van der Waals surface area (Å²) in [7, 11) is 4.73. The topological polar surface area (TPSA) is 99.0 Å². The molecule has 2 saturated heterocycles. The lowest BCUT2D eigenvalue weighted by atomic mass is 9.73. The van der Waals surface area contributed by atoms with E-state index in [2.05, 4.69) is 37.2 Å². The second kappa shape index (κ2) is 11.9. The molecule has 2 aliphatic heterocycles. The van der Waals surface area contributed by atoms with Gasteiger partial charge in [-0.05, 0) is 25.2 Å². The Labute approximate surface area is 248 Å². The molecule has 2 aromatic heterocycles. The molecule has 6 rings (SSSR count). The van der Waals surface area contributed by atoms with E-state index in [0.717, 1.165) is 49.4 Å². The largest absolute Gasteiger partial charge is 0.494 e. The van der Waals surface area contributed by atoms with Gasteiger partial charge in [-0.1, -0.05) is 0 Å². The third-order valence-electron chi connectivity index (χ3n) is 7.63. The number of methoxy groups -OCH3 is 2. The van der Waals surface area contributed by atoms with Gasteiger partial charge in [0.05, 0.1) is 44.4 Å². The second-order valence-corrected chi connectivity index (χ2v) is 10.9. The number of rotatable bonds is 12. The lowest BCUT2D eigenvalue weighted by Crippen LogP contribution is -2.71. The number of hydrogen-bond acceptors (Lipinski definition) is 10. The number of nitrogens with zero attached hydrogens (tertiary/aromatic N) is 6. The summed E-state index contributed by atoms with van der Waals surface area (Å²) in [5.41, 5.74) is 1.85. The molecule has 2 aliphatic rings. The summed E-state index contributed by atoms with van der Waals surface area (Å²) in [6.07, 6.45) is 6.49. The molecule has 0 atom stereocenters.